The zero-order valence-electron chi connectivity index (χ0n) is 33.6. The predicted octanol–water partition coefficient (Wildman–Crippen LogP) is 14.4. The molecule has 3 aromatic heterocycles. The van der Waals surface area contributed by atoms with Crippen LogP contribution in [0.5, 0.6) is 0 Å². The van der Waals surface area contributed by atoms with E-state index < -0.39 is 0 Å². The van der Waals surface area contributed by atoms with E-state index >= 15 is 0 Å². The second-order valence-electron chi connectivity index (χ2n) is 15.7. The summed E-state index contributed by atoms with van der Waals surface area (Å²) in [5, 5.41) is 4.82. The molecule has 3 heterocycles. The Kier molecular flexibility index (Phi) is 8.42. The molecule has 5 heteroatoms. The molecule has 0 saturated carbocycles. The van der Waals surface area contributed by atoms with Crippen molar-refractivity contribution in [3.8, 4) is 67.8 Å². The summed E-state index contributed by atoms with van der Waals surface area (Å²) >= 11 is 0. The number of hydrogen-bond donors (Lipinski definition) is 0. The fourth-order valence-corrected chi connectivity index (χ4v) is 9.05. The highest BCUT2D eigenvalue weighted by Gasteiger charge is 2.21. The van der Waals surface area contributed by atoms with Gasteiger partial charge < -0.3 is 9.13 Å². The van der Waals surface area contributed by atoms with Crippen LogP contribution in [-0.2, 0) is 0 Å². The van der Waals surface area contributed by atoms with Crippen LogP contribution in [-0.4, -0.2) is 24.1 Å². The summed E-state index contributed by atoms with van der Waals surface area (Å²) in [5.74, 6) is 1.87. The summed E-state index contributed by atoms with van der Waals surface area (Å²) in [5.41, 5.74) is 14.0. The van der Waals surface area contributed by atoms with Crippen molar-refractivity contribution in [1.29, 1.82) is 0 Å². The molecule has 9 aromatic carbocycles. The number of nitrogens with zero attached hydrogens (tertiary/aromatic N) is 5. The van der Waals surface area contributed by atoms with Gasteiger partial charge in [0, 0.05) is 49.6 Å². The third-order valence-corrected chi connectivity index (χ3v) is 11.9. The van der Waals surface area contributed by atoms with E-state index in [2.05, 4.69) is 197 Å². The lowest BCUT2D eigenvalue weighted by Gasteiger charge is -2.15. The molecule has 0 aliphatic rings. The molecule has 0 amide bonds. The number of rotatable bonds is 7. The average molecular weight is 792 g/mol. The third-order valence-electron chi connectivity index (χ3n) is 11.9. The van der Waals surface area contributed by atoms with Crippen molar-refractivity contribution < 1.29 is 0 Å². The molecule has 0 saturated heterocycles. The Bertz CT molecular complexity index is 3550. The molecule has 0 atom stereocenters. The van der Waals surface area contributed by atoms with Gasteiger partial charge in [0.15, 0.2) is 17.5 Å². The van der Waals surface area contributed by atoms with Gasteiger partial charge in [-0.1, -0.05) is 170 Å². The van der Waals surface area contributed by atoms with Crippen LogP contribution in [0.1, 0.15) is 0 Å². The molecular weight excluding hydrogens is 755 g/mol. The Morgan fingerprint density at radius 1 is 0.226 bits per heavy atom. The fourth-order valence-electron chi connectivity index (χ4n) is 9.05. The number of benzene rings is 9. The highest BCUT2D eigenvalue weighted by molar-refractivity contribution is 6.19. The Labute approximate surface area is 358 Å². The van der Waals surface area contributed by atoms with Gasteiger partial charge in [-0.2, -0.15) is 0 Å². The SMILES string of the molecule is c1ccc(-c2cccc(-n3c4ccccc4c4cc5c6ccccc6n(-c6cc(-c7ccccc7)cc(-c7nc(-c8ccccc8)nc(-c8ccccc8)n7)c6)c5cc43)c2)cc1. The molecule has 12 aromatic rings. The van der Waals surface area contributed by atoms with Gasteiger partial charge in [0.2, 0.25) is 0 Å². The number of para-hydroxylation sites is 2. The van der Waals surface area contributed by atoms with Gasteiger partial charge in [0.1, 0.15) is 0 Å². The topological polar surface area (TPSA) is 48.5 Å². The Morgan fingerprint density at radius 2 is 0.629 bits per heavy atom. The summed E-state index contributed by atoms with van der Waals surface area (Å²) < 4.78 is 4.84. The molecule has 0 bridgehead atoms. The summed E-state index contributed by atoms with van der Waals surface area (Å²) in [4.78, 5) is 15.4. The minimum atomic E-state index is 0.610. The summed E-state index contributed by atoms with van der Waals surface area (Å²) in [6, 6.07) is 79.4. The molecule has 0 unspecified atom stereocenters. The van der Waals surface area contributed by atoms with Crippen molar-refractivity contribution in [2.75, 3.05) is 0 Å². The van der Waals surface area contributed by atoms with Gasteiger partial charge in [-0.3, -0.25) is 0 Å². The van der Waals surface area contributed by atoms with Crippen LogP contribution >= 0.6 is 0 Å². The zero-order chi connectivity index (χ0) is 41.0. The van der Waals surface area contributed by atoms with Gasteiger partial charge >= 0.3 is 0 Å². The minimum absolute atomic E-state index is 0.610. The maximum Gasteiger partial charge on any atom is 0.164 e. The lowest BCUT2D eigenvalue weighted by atomic mass is 10.0. The van der Waals surface area contributed by atoms with Crippen molar-refractivity contribution in [2.45, 2.75) is 0 Å². The van der Waals surface area contributed by atoms with Crippen LogP contribution in [0, 0.1) is 0 Å². The van der Waals surface area contributed by atoms with Gasteiger partial charge in [-0.05, 0) is 76.9 Å². The van der Waals surface area contributed by atoms with E-state index in [4.69, 9.17) is 15.0 Å². The number of hydrogen-bond acceptors (Lipinski definition) is 3. The first kappa shape index (κ1) is 35.5. The van der Waals surface area contributed by atoms with Crippen LogP contribution in [0.15, 0.2) is 224 Å². The first-order valence-electron chi connectivity index (χ1n) is 20.9. The molecule has 0 fully saturated rings. The van der Waals surface area contributed by atoms with Crippen molar-refractivity contribution in [2.24, 2.45) is 0 Å². The number of aromatic nitrogens is 5. The van der Waals surface area contributed by atoms with Crippen LogP contribution in [0.4, 0.5) is 0 Å². The summed E-state index contributed by atoms with van der Waals surface area (Å²) in [6.45, 7) is 0. The van der Waals surface area contributed by atoms with Gasteiger partial charge in [-0.25, -0.2) is 15.0 Å². The van der Waals surface area contributed by atoms with E-state index in [-0.39, 0.29) is 0 Å². The highest BCUT2D eigenvalue weighted by Crippen LogP contribution is 2.41. The van der Waals surface area contributed by atoms with Crippen LogP contribution < -0.4 is 0 Å². The quantitative estimate of drug-likeness (QED) is 0.162. The first-order valence-corrected chi connectivity index (χ1v) is 20.9. The smallest absolute Gasteiger partial charge is 0.164 e. The van der Waals surface area contributed by atoms with Crippen LogP contribution in [0.2, 0.25) is 0 Å². The molecule has 0 spiro atoms. The second kappa shape index (κ2) is 14.7. The lowest BCUT2D eigenvalue weighted by Crippen LogP contribution is -2.02. The monoisotopic (exact) mass is 791 g/mol. The molecule has 62 heavy (non-hydrogen) atoms. The second-order valence-corrected chi connectivity index (χ2v) is 15.7. The predicted molar refractivity (Wildman–Crippen MR) is 256 cm³/mol. The van der Waals surface area contributed by atoms with E-state index in [9.17, 15) is 0 Å². The van der Waals surface area contributed by atoms with Gasteiger partial charge in [-0.15, -0.1) is 0 Å². The molecule has 0 aliphatic heterocycles. The minimum Gasteiger partial charge on any atom is -0.309 e. The van der Waals surface area contributed by atoms with E-state index in [1.807, 2.05) is 36.4 Å². The van der Waals surface area contributed by atoms with Gasteiger partial charge in [0.25, 0.3) is 0 Å². The van der Waals surface area contributed by atoms with Crippen LogP contribution in [0.3, 0.4) is 0 Å². The largest absolute Gasteiger partial charge is 0.309 e. The Morgan fingerprint density at radius 3 is 1.18 bits per heavy atom. The maximum absolute atomic E-state index is 5.19. The number of fused-ring (bicyclic) bond motifs is 6. The van der Waals surface area contributed by atoms with Crippen molar-refractivity contribution >= 4 is 43.6 Å². The highest BCUT2D eigenvalue weighted by atomic mass is 15.0. The molecule has 0 aliphatic carbocycles. The molecule has 0 N–H and O–H groups in total. The van der Waals surface area contributed by atoms with E-state index in [1.54, 1.807) is 0 Å². The van der Waals surface area contributed by atoms with E-state index in [0.29, 0.717) is 17.5 Å². The molecule has 5 nitrogen and oxygen atoms in total. The standard InChI is InChI=1S/C57H37N5/c1-5-18-38(19-6-1)42-26-17-27-45(33-42)61-51-30-15-13-28-47(51)49-36-50-48-29-14-16-31-52(48)62(54(50)37-53(49)61)46-34-43(39-20-7-2-8-21-39)32-44(35-46)57-59-55(40-22-9-3-10-23-40)58-56(60-57)41-24-11-4-12-25-41/h1-37H. The molecular formula is C57H37N5. The van der Waals surface area contributed by atoms with E-state index in [1.165, 1.54) is 38.2 Å². The van der Waals surface area contributed by atoms with Crippen molar-refractivity contribution in [3.05, 3.63) is 224 Å². The summed E-state index contributed by atoms with van der Waals surface area (Å²) in [6.07, 6.45) is 0. The van der Waals surface area contributed by atoms with Crippen molar-refractivity contribution in [1.82, 2.24) is 24.1 Å². The fraction of sp³-hybridized carbons (Fsp3) is 0. The molecule has 0 radical (unpaired) electrons. The maximum atomic E-state index is 5.19. The Balaban J connectivity index is 1.14. The average Bonchev–Trinajstić information content (AvgIpc) is 3.86. The van der Waals surface area contributed by atoms with E-state index in [0.717, 1.165) is 55.7 Å². The zero-order valence-corrected chi connectivity index (χ0v) is 33.6. The van der Waals surface area contributed by atoms with Crippen LogP contribution in [0.25, 0.3) is 111 Å². The normalized spacial score (nSPS) is 11.5. The summed E-state index contributed by atoms with van der Waals surface area (Å²) in [7, 11) is 0. The lowest BCUT2D eigenvalue weighted by molar-refractivity contribution is 1.07. The Hall–Kier alpha value is -8.41. The third kappa shape index (κ3) is 6.06. The molecule has 12 rings (SSSR count). The van der Waals surface area contributed by atoms with Crippen molar-refractivity contribution in [3.63, 3.8) is 0 Å². The molecule has 290 valence electrons. The van der Waals surface area contributed by atoms with Gasteiger partial charge in [0.05, 0.1) is 22.1 Å². The first-order chi connectivity index (χ1) is 30.7.